The Labute approximate surface area is 172 Å². The summed E-state index contributed by atoms with van der Waals surface area (Å²) in [4.78, 5) is 24.6. The molecule has 1 aliphatic carbocycles. The van der Waals surface area contributed by atoms with Crippen LogP contribution in [0.25, 0.3) is 0 Å². The lowest BCUT2D eigenvalue weighted by atomic mass is 9.87. The second kappa shape index (κ2) is 10.1. The first-order valence-electron chi connectivity index (χ1n) is 9.41. The molecular formula is C22H27ClN2O3. The number of ketones is 1. The zero-order valence-corrected chi connectivity index (χ0v) is 16.9. The number of aryl methyl sites for hydroxylation is 1. The number of carbonyl (C=O) groups is 2. The molecule has 1 amide bonds. The predicted octanol–water partition coefficient (Wildman–Crippen LogP) is 4.25. The third-order valence-electron chi connectivity index (χ3n) is 5.04. The van der Waals surface area contributed by atoms with E-state index in [-0.39, 0.29) is 30.1 Å². The molecule has 0 saturated heterocycles. The molecule has 3 N–H and O–H groups in total. The molecule has 0 bridgehead atoms. The predicted molar refractivity (Wildman–Crippen MR) is 113 cm³/mol. The van der Waals surface area contributed by atoms with Gasteiger partial charge in [0.2, 0.25) is 5.91 Å². The normalized spacial score (nSPS) is 15.1. The van der Waals surface area contributed by atoms with Gasteiger partial charge in [0.25, 0.3) is 0 Å². The molecule has 0 aliphatic heterocycles. The van der Waals surface area contributed by atoms with Crippen molar-refractivity contribution >= 4 is 29.8 Å². The minimum atomic E-state index is -0.00722. The first-order chi connectivity index (χ1) is 13.1. The largest absolute Gasteiger partial charge is 0.497 e. The summed E-state index contributed by atoms with van der Waals surface area (Å²) in [7, 11) is 1.59. The van der Waals surface area contributed by atoms with Crippen LogP contribution < -0.4 is 15.8 Å². The standard InChI is InChI=1S/C22H26N2O3.ClH/c1-27-18-11-8-15(9-12-18)21(25)6-3-7-22(26)24-20-5-2-4-16-14-17(23)10-13-19(16)20;/h8-14,20H,2-7,23H2,1H3,(H,24,26);1H. The SMILES string of the molecule is COc1ccc(C(=O)CCCC(=O)NC2CCCc3cc(N)ccc32)cc1.Cl. The van der Waals surface area contributed by atoms with Gasteiger partial charge in [-0.3, -0.25) is 9.59 Å². The number of Topliss-reactive ketones (excluding diaryl/α,β-unsaturated/α-hetero) is 1. The number of nitrogens with one attached hydrogen (secondary N) is 1. The Morgan fingerprint density at radius 3 is 2.61 bits per heavy atom. The molecule has 2 aromatic rings. The average Bonchev–Trinajstić information content (AvgIpc) is 2.68. The first-order valence-corrected chi connectivity index (χ1v) is 9.41. The van der Waals surface area contributed by atoms with Crippen LogP contribution in [-0.2, 0) is 11.2 Å². The van der Waals surface area contributed by atoms with Gasteiger partial charge in [0.05, 0.1) is 13.2 Å². The molecule has 0 saturated carbocycles. The highest BCUT2D eigenvalue weighted by atomic mass is 35.5. The number of rotatable bonds is 7. The Hall–Kier alpha value is -2.53. The fourth-order valence-electron chi connectivity index (χ4n) is 3.58. The van der Waals surface area contributed by atoms with Crippen LogP contribution in [0.3, 0.4) is 0 Å². The van der Waals surface area contributed by atoms with Crippen LogP contribution in [0.15, 0.2) is 42.5 Å². The number of nitrogen functional groups attached to an aromatic ring is 1. The van der Waals surface area contributed by atoms with Crippen molar-refractivity contribution in [3.8, 4) is 5.75 Å². The van der Waals surface area contributed by atoms with Gasteiger partial charge in [0.1, 0.15) is 5.75 Å². The Bertz CT molecular complexity index is 821. The van der Waals surface area contributed by atoms with Crippen LogP contribution in [0.1, 0.15) is 59.6 Å². The second-order valence-corrected chi connectivity index (χ2v) is 6.98. The van der Waals surface area contributed by atoms with Crippen LogP contribution in [0.5, 0.6) is 5.75 Å². The molecule has 6 heteroatoms. The monoisotopic (exact) mass is 402 g/mol. The summed E-state index contributed by atoms with van der Waals surface area (Å²) in [5, 5.41) is 3.12. The topological polar surface area (TPSA) is 81.4 Å². The molecule has 2 aromatic carbocycles. The summed E-state index contributed by atoms with van der Waals surface area (Å²) < 4.78 is 5.09. The maximum atomic E-state index is 12.3. The number of nitrogens with two attached hydrogens (primary N) is 1. The van der Waals surface area contributed by atoms with E-state index < -0.39 is 0 Å². The summed E-state index contributed by atoms with van der Waals surface area (Å²) in [6.45, 7) is 0. The third-order valence-corrected chi connectivity index (χ3v) is 5.04. The number of ether oxygens (including phenoxy) is 1. The molecule has 0 fully saturated rings. The Morgan fingerprint density at radius 1 is 1.14 bits per heavy atom. The third kappa shape index (κ3) is 5.49. The Morgan fingerprint density at radius 2 is 1.89 bits per heavy atom. The van der Waals surface area contributed by atoms with Crippen LogP contribution in [0.2, 0.25) is 0 Å². The van der Waals surface area contributed by atoms with E-state index in [1.807, 2.05) is 18.2 Å². The molecule has 0 aromatic heterocycles. The lowest BCUT2D eigenvalue weighted by Crippen LogP contribution is -2.30. The van der Waals surface area contributed by atoms with Gasteiger partial charge in [-0.1, -0.05) is 6.07 Å². The molecule has 1 aliphatic rings. The van der Waals surface area contributed by atoms with E-state index >= 15 is 0 Å². The first kappa shape index (κ1) is 21.8. The van der Waals surface area contributed by atoms with Crippen molar-refractivity contribution in [2.45, 2.75) is 44.6 Å². The summed E-state index contributed by atoms with van der Waals surface area (Å²) in [6.07, 6.45) is 4.23. The van der Waals surface area contributed by atoms with Crippen molar-refractivity contribution in [1.29, 1.82) is 0 Å². The Balaban J connectivity index is 0.00000280. The number of halogens is 1. The van der Waals surface area contributed by atoms with Crippen molar-refractivity contribution in [2.24, 2.45) is 0 Å². The van der Waals surface area contributed by atoms with Gasteiger partial charge in [-0.15, -0.1) is 12.4 Å². The molecule has 3 rings (SSSR count). The minimum Gasteiger partial charge on any atom is -0.497 e. The van der Waals surface area contributed by atoms with Gasteiger partial charge in [-0.25, -0.2) is 0 Å². The second-order valence-electron chi connectivity index (χ2n) is 6.98. The molecule has 5 nitrogen and oxygen atoms in total. The quantitative estimate of drug-likeness (QED) is 0.536. The van der Waals surface area contributed by atoms with E-state index in [1.54, 1.807) is 31.4 Å². The molecule has 1 atom stereocenters. The van der Waals surface area contributed by atoms with E-state index in [2.05, 4.69) is 5.32 Å². The van der Waals surface area contributed by atoms with Gasteiger partial charge in [-0.2, -0.15) is 0 Å². The van der Waals surface area contributed by atoms with Crippen molar-refractivity contribution in [2.75, 3.05) is 12.8 Å². The van der Waals surface area contributed by atoms with Crippen LogP contribution in [-0.4, -0.2) is 18.8 Å². The summed E-state index contributed by atoms with van der Waals surface area (Å²) >= 11 is 0. The number of amides is 1. The molecular weight excluding hydrogens is 376 g/mol. The van der Waals surface area contributed by atoms with Crippen molar-refractivity contribution in [3.05, 3.63) is 59.2 Å². The van der Waals surface area contributed by atoms with E-state index in [0.717, 1.165) is 36.3 Å². The van der Waals surface area contributed by atoms with Gasteiger partial charge < -0.3 is 15.8 Å². The lowest BCUT2D eigenvalue weighted by molar-refractivity contribution is -0.122. The number of hydrogen-bond donors (Lipinski definition) is 2. The zero-order valence-electron chi connectivity index (χ0n) is 16.1. The fourth-order valence-corrected chi connectivity index (χ4v) is 3.58. The number of methoxy groups -OCH3 is 1. The van der Waals surface area contributed by atoms with Crippen LogP contribution in [0.4, 0.5) is 5.69 Å². The van der Waals surface area contributed by atoms with Crippen molar-refractivity contribution in [3.63, 3.8) is 0 Å². The molecule has 0 heterocycles. The van der Waals surface area contributed by atoms with Gasteiger partial charge in [-0.05, 0) is 73.2 Å². The molecule has 0 spiro atoms. The summed E-state index contributed by atoms with van der Waals surface area (Å²) in [5.41, 5.74) is 9.66. The van der Waals surface area contributed by atoms with Gasteiger partial charge >= 0.3 is 0 Å². The highest BCUT2D eigenvalue weighted by Crippen LogP contribution is 2.31. The highest BCUT2D eigenvalue weighted by Gasteiger charge is 2.21. The molecule has 28 heavy (non-hydrogen) atoms. The highest BCUT2D eigenvalue weighted by molar-refractivity contribution is 5.96. The van der Waals surface area contributed by atoms with E-state index in [4.69, 9.17) is 10.5 Å². The smallest absolute Gasteiger partial charge is 0.220 e. The van der Waals surface area contributed by atoms with Gasteiger partial charge in [0.15, 0.2) is 5.78 Å². The van der Waals surface area contributed by atoms with Gasteiger partial charge in [0, 0.05) is 24.1 Å². The van der Waals surface area contributed by atoms with Crippen LogP contribution in [0, 0.1) is 0 Å². The van der Waals surface area contributed by atoms with Crippen molar-refractivity contribution in [1.82, 2.24) is 5.32 Å². The fraction of sp³-hybridized carbons (Fsp3) is 0.364. The number of benzene rings is 2. The maximum absolute atomic E-state index is 12.3. The average molecular weight is 403 g/mol. The van der Waals surface area contributed by atoms with Crippen molar-refractivity contribution < 1.29 is 14.3 Å². The van der Waals surface area contributed by atoms with E-state index in [9.17, 15) is 9.59 Å². The molecule has 1 unspecified atom stereocenters. The number of anilines is 1. The Kier molecular flexibility index (Phi) is 7.88. The zero-order chi connectivity index (χ0) is 19.2. The van der Waals surface area contributed by atoms with E-state index in [1.165, 1.54) is 5.56 Å². The summed E-state index contributed by atoms with van der Waals surface area (Å²) in [6, 6.07) is 13.0. The number of carbonyl (C=O) groups excluding carboxylic acids is 2. The molecule has 150 valence electrons. The lowest BCUT2D eigenvalue weighted by Gasteiger charge is -2.26. The summed E-state index contributed by atoms with van der Waals surface area (Å²) in [5.74, 6) is 0.761. The minimum absolute atomic E-state index is 0. The van der Waals surface area contributed by atoms with E-state index in [0.29, 0.717) is 24.8 Å². The van der Waals surface area contributed by atoms with Crippen LogP contribution >= 0.6 is 12.4 Å². The maximum Gasteiger partial charge on any atom is 0.220 e. The molecule has 0 radical (unpaired) electrons. The number of hydrogen-bond acceptors (Lipinski definition) is 4. The number of fused-ring (bicyclic) bond motifs is 1.